The molecular formula is C20H20N6O. The van der Waals surface area contributed by atoms with Gasteiger partial charge >= 0.3 is 0 Å². The van der Waals surface area contributed by atoms with Crippen LogP contribution in [0.15, 0.2) is 55.0 Å². The summed E-state index contributed by atoms with van der Waals surface area (Å²) in [5, 5.41) is 3.21. The third-order valence-electron chi connectivity index (χ3n) is 4.54. The second kappa shape index (κ2) is 7.49. The Morgan fingerprint density at radius 2 is 2.07 bits per heavy atom. The van der Waals surface area contributed by atoms with Crippen molar-refractivity contribution in [3.05, 3.63) is 72.1 Å². The van der Waals surface area contributed by atoms with Crippen LogP contribution in [0.5, 0.6) is 0 Å². The van der Waals surface area contributed by atoms with Crippen molar-refractivity contribution in [1.29, 1.82) is 0 Å². The van der Waals surface area contributed by atoms with Crippen LogP contribution in [0.4, 0.5) is 11.6 Å². The molecule has 136 valence electrons. The van der Waals surface area contributed by atoms with Gasteiger partial charge in [-0.2, -0.15) is 0 Å². The first-order chi connectivity index (χ1) is 13.2. The molecule has 27 heavy (non-hydrogen) atoms. The quantitative estimate of drug-likeness (QED) is 0.768. The molecule has 4 heterocycles. The van der Waals surface area contributed by atoms with Gasteiger partial charge in [-0.3, -0.25) is 9.78 Å². The standard InChI is InChI=1S/C20H20N6O/c1-14-23-16(12-19(24-14)25-18-8-2-3-10-22-18)17-7-5-11-26(17)20(27)15-6-4-9-21-13-15/h2-4,6,8-10,12-13,17H,5,7,11H2,1H3,(H,22,23,24,25). The van der Waals surface area contributed by atoms with Crippen molar-refractivity contribution in [2.45, 2.75) is 25.8 Å². The molecule has 0 spiro atoms. The molecule has 0 radical (unpaired) electrons. The van der Waals surface area contributed by atoms with Gasteiger partial charge in [0.1, 0.15) is 17.5 Å². The highest BCUT2D eigenvalue weighted by molar-refractivity contribution is 5.94. The zero-order valence-electron chi connectivity index (χ0n) is 15.0. The number of pyridine rings is 2. The fraction of sp³-hybridized carbons (Fsp3) is 0.250. The summed E-state index contributed by atoms with van der Waals surface area (Å²) in [6.07, 6.45) is 6.83. The molecule has 1 fully saturated rings. The molecule has 1 amide bonds. The number of carbonyl (C=O) groups is 1. The predicted octanol–water partition coefficient (Wildman–Crippen LogP) is 3.30. The molecule has 1 saturated heterocycles. The lowest BCUT2D eigenvalue weighted by atomic mass is 10.1. The van der Waals surface area contributed by atoms with Crippen molar-refractivity contribution < 1.29 is 4.79 Å². The van der Waals surface area contributed by atoms with Crippen LogP contribution in [0, 0.1) is 6.92 Å². The topological polar surface area (TPSA) is 83.9 Å². The number of nitrogens with one attached hydrogen (secondary N) is 1. The zero-order chi connectivity index (χ0) is 18.6. The third-order valence-corrected chi connectivity index (χ3v) is 4.54. The van der Waals surface area contributed by atoms with Gasteiger partial charge in [0.2, 0.25) is 0 Å². The van der Waals surface area contributed by atoms with E-state index in [1.54, 1.807) is 30.7 Å². The molecule has 1 aliphatic heterocycles. The lowest BCUT2D eigenvalue weighted by molar-refractivity contribution is 0.0732. The first-order valence-corrected chi connectivity index (χ1v) is 8.95. The van der Waals surface area contributed by atoms with E-state index in [0.29, 0.717) is 23.8 Å². The molecule has 0 aromatic carbocycles. The van der Waals surface area contributed by atoms with Crippen LogP contribution in [-0.4, -0.2) is 37.3 Å². The minimum atomic E-state index is -0.0660. The first kappa shape index (κ1) is 17.1. The van der Waals surface area contributed by atoms with Gasteiger partial charge in [-0.15, -0.1) is 0 Å². The number of aryl methyl sites for hydroxylation is 1. The molecule has 1 unspecified atom stereocenters. The highest BCUT2D eigenvalue weighted by atomic mass is 16.2. The van der Waals surface area contributed by atoms with E-state index in [2.05, 4.69) is 25.3 Å². The lowest BCUT2D eigenvalue weighted by Gasteiger charge is -2.24. The molecule has 3 aromatic heterocycles. The second-order valence-electron chi connectivity index (χ2n) is 6.46. The van der Waals surface area contributed by atoms with Crippen LogP contribution in [-0.2, 0) is 0 Å². The van der Waals surface area contributed by atoms with Crippen LogP contribution < -0.4 is 5.32 Å². The Balaban J connectivity index is 1.61. The number of nitrogens with zero attached hydrogens (tertiary/aromatic N) is 5. The number of hydrogen-bond acceptors (Lipinski definition) is 6. The number of rotatable bonds is 4. The molecular weight excluding hydrogens is 340 g/mol. The summed E-state index contributed by atoms with van der Waals surface area (Å²) >= 11 is 0. The van der Waals surface area contributed by atoms with Gasteiger partial charge in [-0.25, -0.2) is 15.0 Å². The van der Waals surface area contributed by atoms with E-state index in [1.165, 1.54) is 0 Å². The molecule has 1 N–H and O–H groups in total. The molecule has 1 atom stereocenters. The lowest BCUT2D eigenvalue weighted by Crippen LogP contribution is -2.31. The fourth-order valence-corrected chi connectivity index (χ4v) is 3.37. The van der Waals surface area contributed by atoms with E-state index in [-0.39, 0.29) is 11.9 Å². The molecule has 3 aromatic rings. The van der Waals surface area contributed by atoms with Crippen molar-refractivity contribution >= 4 is 17.5 Å². The van der Waals surface area contributed by atoms with E-state index in [4.69, 9.17) is 0 Å². The summed E-state index contributed by atoms with van der Waals surface area (Å²) in [7, 11) is 0. The minimum absolute atomic E-state index is 0.0129. The highest BCUT2D eigenvalue weighted by Crippen LogP contribution is 2.33. The molecule has 7 nitrogen and oxygen atoms in total. The first-order valence-electron chi connectivity index (χ1n) is 8.95. The van der Waals surface area contributed by atoms with Crippen LogP contribution in [0.25, 0.3) is 0 Å². The average Bonchev–Trinajstić information content (AvgIpc) is 3.18. The van der Waals surface area contributed by atoms with E-state index >= 15 is 0 Å². The summed E-state index contributed by atoms with van der Waals surface area (Å²) in [5.74, 6) is 2.04. The molecule has 0 bridgehead atoms. The number of anilines is 2. The SMILES string of the molecule is Cc1nc(Nc2ccccn2)cc(C2CCCN2C(=O)c2cccnc2)n1. The van der Waals surface area contributed by atoms with Crippen molar-refractivity contribution in [2.24, 2.45) is 0 Å². The van der Waals surface area contributed by atoms with Gasteiger partial charge in [0.15, 0.2) is 0 Å². The minimum Gasteiger partial charge on any atom is -0.330 e. The maximum atomic E-state index is 12.9. The van der Waals surface area contributed by atoms with E-state index in [0.717, 1.165) is 24.4 Å². The molecule has 4 rings (SSSR count). The van der Waals surface area contributed by atoms with Crippen LogP contribution in [0.2, 0.25) is 0 Å². The normalized spacial score (nSPS) is 16.3. The smallest absolute Gasteiger partial charge is 0.255 e. The van der Waals surface area contributed by atoms with Crippen LogP contribution >= 0.6 is 0 Å². The molecule has 0 saturated carbocycles. The maximum absolute atomic E-state index is 12.9. The van der Waals surface area contributed by atoms with E-state index in [9.17, 15) is 4.79 Å². The highest BCUT2D eigenvalue weighted by Gasteiger charge is 2.32. The number of likely N-dealkylation sites (tertiary alicyclic amines) is 1. The van der Waals surface area contributed by atoms with Gasteiger partial charge in [-0.1, -0.05) is 6.07 Å². The van der Waals surface area contributed by atoms with Crippen molar-refractivity contribution in [3.63, 3.8) is 0 Å². The summed E-state index contributed by atoms with van der Waals surface area (Å²) in [4.78, 5) is 32.2. The summed E-state index contributed by atoms with van der Waals surface area (Å²) in [6, 6.07) is 11.1. The summed E-state index contributed by atoms with van der Waals surface area (Å²) < 4.78 is 0. The van der Waals surface area contributed by atoms with Crippen molar-refractivity contribution in [2.75, 3.05) is 11.9 Å². The summed E-state index contributed by atoms with van der Waals surface area (Å²) in [5.41, 5.74) is 1.44. The Morgan fingerprint density at radius 3 is 2.85 bits per heavy atom. The second-order valence-corrected chi connectivity index (χ2v) is 6.46. The maximum Gasteiger partial charge on any atom is 0.255 e. The average molecular weight is 360 g/mol. The van der Waals surface area contributed by atoms with Gasteiger partial charge < -0.3 is 10.2 Å². The van der Waals surface area contributed by atoms with Crippen molar-refractivity contribution in [1.82, 2.24) is 24.8 Å². The molecule has 7 heteroatoms. The van der Waals surface area contributed by atoms with Crippen LogP contribution in [0.1, 0.15) is 40.8 Å². The zero-order valence-corrected chi connectivity index (χ0v) is 15.0. The molecule has 0 aliphatic carbocycles. The number of hydrogen-bond donors (Lipinski definition) is 1. The predicted molar refractivity (Wildman–Crippen MR) is 102 cm³/mol. The van der Waals surface area contributed by atoms with E-state index < -0.39 is 0 Å². The summed E-state index contributed by atoms with van der Waals surface area (Å²) in [6.45, 7) is 2.57. The Bertz CT molecular complexity index is 932. The Labute approximate surface area is 157 Å². The van der Waals surface area contributed by atoms with Gasteiger partial charge in [0, 0.05) is 31.2 Å². The Morgan fingerprint density at radius 1 is 1.15 bits per heavy atom. The van der Waals surface area contributed by atoms with Gasteiger partial charge in [-0.05, 0) is 44.0 Å². The Hall–Kier alpha value is -3.35. The third kappa shape index (κ3) is 3.76. The largest absolute Gasteiger partial charge is 0.330 e. The number of carbonyl (C=O) groups excluding carboxylic acids is 1. The van der Waals surface area contributed by atoms with E-state index in [1.807, 2.05) is 36.1 Å². The van der Waals surface area contributed by atoms with Gasteiger partial charge in [0.05, 0.1) is 17.3 Å². The van der Waals surface area contributed by atoms with Crippen LogP contribution in [0.3, 0.4) is 0 Å². The fourth-order valence-electron chi connectivity index (χ4n) is 3.37. The van der Waals surface area contributed by atoms with Gasteiger partial charge in [0.25, 0.3) is 5.91 Å². The van der Waals surface area contributed by atoms with Crippen molar-refractivity contribution in [3.8, 4) is 0 Å². The molecule has 1 aliphatic rings. The monoisotopic (exact) mass is 360 g/mol. The Kier molecular flexibility index (Phi) is 4.74. The number of amides is 1. The number of aromatic nitrogens is 4.